The second-order valence-electron chi connectivity index (χ2n) is 4.40. The third kappa shape index (κ3) is 3.20. The van der Waals surface area contributed by atoms with Crippen molar-refractivity contribution >= 4 is 31.6 Å². The van der Waals surface area contributed by atoms with Crippen molar-refractivity contribution in [2.24, 2.45) is 5.73 Å². The molecule has 0 aliphatic heterocycles. The summed E-state index contributed by atoms with van der Waals surface area (Å²) in [6.07, 6.45) is 0. The monoisotopic (exact) mass is 354 g/mol. The molecule has 4 nitrogen and oxygen atoms in total. The first kappa shape index (κ1) is 15.0. The van der Waals surface area contributed by atoms with Crippen LogP contribution in [0.4, 0.5) is 5.69 Å². The lowest BCUT2D eigenvalue weighted by Gasteiger charge is -2.12. The van der Waals surface area contributed by atoms with Gasteiger partial charge in [-0.25, -0.2) is 8.42 Å². The Hall–Kier alpha value is -1.37. The maximum atomic E-state index is 12.4. The van der Waals surface area contributed by atoms with E-state index in [0.717, 1.165) is 11.1 Å². The number of hydrogen-bond donors (Lipinski definition) is 2. The van der Waals surface area contributed by atoms with Crippen LogP contribution < -0.4 is 10.5 Å². The number of hydrogen-bond acceptors (Lipinski definition) is 3. The smallest absolute Gasteiger partial charge is 0.263 e. The van der Waals surface area contributed by atoms with Crippen molar-refractivity contribution in [3.8, 4) is 0 Å². The molecule has 0 bridgehead atoms. The number of para-hydroxylation sites is 1. The Morgan fingerprint density at radius 1 is 1.20 bits per heavy atom. The van der Waals surface area contributed by atoms with Gasteiger partial charge < -0.3 is 5.73 Å². The summed E-state index contributed by atoms with van der Waals surface area (Å²) < 4.78 is 28.0. The molecule has 0 spiro atoms. The van der Waals surface area contributed by atoms with E-state index in [9.17, 15) is 8.42 Å². The number of sulfonamides is 1. The van der Waals surface area contributed by atoms with Gasteiger partial charge in [-0.1, -0.05) is 24.3 Å². The second kappa shape index (κ2) is 5.95. The van der Waals surface area contributed by atoms with Crippen molar-refractivity contribution < 1.29 is 8.42 Å². The van der Waals surface area contributed by atoms with Crippen LogP contribution in [0.25, 0.3) is 0 Å². The van der Waals surface area contributed by atoms with E-state index >= 15 is 0 Å². The number of nitrogens with one attached hydrogen (secondary N) is 1. The first-order valence-corrected chi connectivity index (χ1v) is 8.28. The average molecular weight is 355 g/mol. The number of nitrogens with two attached hydrogens (primary N) is 1. The van der Waals surface area contributed by atoms with Crippen LogP contribution in [-0.2, 0) is 16.6 Å². The van der Waals surface area contributed by atoms with E-state index < -0.39 is 10.0 Å². The molecule has 0 aliphatic carbocycles. The van der Waals surface area contributed by atoms with Crippen LogP contribution in [0.15, 0.2) is 51.8 Å². The first-order chi connectivity index (χ1) is 9.44. The minimum Gasteiger partial charge on any atom is -0.326 e. The Balaban J connectivity index is 2.41. The van der Waals surface area contributed by atoms with Gasteiger partial charge in [-0.2, -0.15) is 0 Å². The SMILES string of the molecule is Cc1ccc(S(=O)(=O)Nc2ccccc2CN)c(Br)c1. The molecule has 0 saturated heterocycles. The summed E-state index contributed by atoms with van der Waals surface area (Å²) in [6.45, 7) is 2.17. The quantitative estimate of drug-likeness (QED) is 0.886. The summed E-state index contributed by atoms with van der Waals surface area (Å²) in [5, 5.41) is 0. The van der Waals surface area contributed by atoms with Crippen molar-refractivity contribution in [1.29, 1.82) is 0 Å². The summed E-state index contributed by atoms with van der Waals surface area (Å²) in [5.74, 6) is 0. The van der Waals surface area contributed by atoms with Gasteiger partial charge in [-0.15, -0.1) is 0 Å². The molecular formula is C14H15BrN2O2S. The fourth-order valence-electron chi connectivity index (χ4n) is 1.82. The second-order valence-corrected chi connectivity index (χ2v) is 6.91. The van der Waals surface area contributed by atoms with Gasteiger partial charge in [0.25, 0.3) is 10.0 Å². The van der Waals surface area contributed by atoms with Crippen molar-refractivity contribution in [2.75, 3.05) is 4.72 Å². The molecule has 0 heterocycles. The van der Waals surface area contributed by atoms with Crippen LogP contribution in [-0.4, -0.2) is 8.42 Å². The van der Waals surface area contributed by atoms with Crippen molar-refractivity contribution in [3.63, 3.8) is 0 Å². The van der Waals surface area contributed by atoms with Gasteiger partial charge in [-0.3, -0.25) is 4.72 Å². The van der Waals surface area contributed by atoms with E-state index in [1.165, 1.54) is 0 Å². The minimum absolute atomic E-state index is 0.204. The summed E-state index contributed by atoms with van der Waals surface area (Å²) in [5.41, 5.74) is 7.85. The van der Waals surface area contributed by atoms with Gasteiger partial charge >= 0.3 is 0 Å². The zero-order chi connectivity index (χ0) is 14.8. The first-order valence-electron chi connectivity index (χ1n) is 6.01. The molecule has 0 radical (unpaired) electrons. The third-order valence-corrected chi connectivity index (χ3v) is 5.20. The Morgan fingerprint density at radius 2 is 1.90 bits per heavy atom. The summed E-state index contributed by atoms with van der Waals surface area (Å²) in [7, 11) is -3.65. The lowest BCUT2D eigenvalue weighted by molar-refractivity contribution is 0.600. The number of aryl methyl sites for hydroxylation is 1. The predicted octanol–water partition coefficient (Wildman–Crippen LogP) is 3.02. The summed E-state index contributed by atoms with van der Waals surface area (Å²) in [4.78, 5) is 0.204. The fraction of sp³-hybridized carbons (Fsp3) is 0.143. The van der Waals surface area contributed by atoms with Crippen molar-refractivity contribution in [1.82, 2.24) is 0 Å². The van der Waals surface area contributed by atoms with E-state index in [4.69, 9.17) is 5.73 Å². The summed E-state index contributed by atoms with van der Waals surface area (Å²) in [6, 6.07) is 12.2. The molecular weight excluding hydrogens is 340 g/mol. The third-order valence-electron chi connectivity index (χ3n) is 2.86. The largest absolute Gasteiger partial charge is 0.326 e. The molecule has 0 atom stereocenters. The molecule has 0 fully saturated rings. The molecule has 106 valence electrons. The van der Waals surface area contributed by atoms with Gasteiger partial charge in [-0.05, 0) is 52.2 Å². The van der Waals surface area contributed by atoms with Crippen LogP contribution in [0.5, 0.6) is 0 Å². The van der Waals surface area contributed by atoms with Crippen LogP contribution in [0.2, 0.25) is 0 Å². The van der Waals surface area contributed by atoms with E-state index in [1.807, 2.05) is 13.0 Å². The highest BCUT2D eigenvalue weighted by Crippen LogP contribution is 2.26. The zero-order valence-corrected chi connectivity index (χ0v) is 13.3. The van der Waals surface area contributed by atoms with Crippen LogP contribution in [0.1, 0.15) is 11.1 Å². The maximum absolute atomic E-state index is 12.4. The van der Waals surface area contributed by atoms with E-state index in [2.05, 4.69) is 20.7 Å². The average Bonchev–Trinajstić information content (AvgIpc) is 2.38. The van der Waals surface area contributed by atoms with Crippen molar-refractivity contribution in [3.05, 3.63) is 58.1 Å². The molecule has 20 heavy (non-hydrogen) atoms. The number of rotatable bonds is 4. The minimum atomic E-state index is -3.65. The highest BCUT2D eigenvalue weighted by Gasteiger charge is 2.18. The molecule has 0 amide bonds. The molecule has 0 aliphatic rings. The van der Waals surface area contributed by atoms with E-state index in [0.29, 0.717) is 10.2 Å². The number of anilines is 1. The highest BCUT2D eigenvalue weighted by atomic mass is 79.9. The summed E-state index contributed by atoms with van der Waals surface area (Å²) >= 11 is 3.29. The Labute approximate surface area is 127 Å². The molecule has 0 saturated carbocycles. The molecule has 3 N–H and O–H groups in total. The lowest BCUT2D eigenvalue weighted by Crippen LogP contribution is -2.15. The zero-order valence-electron chi connectivity index (χ0n) is 10.9. The molecule has 0 aromatic heterocycles. The maximum Gasteiger partial charge on any atom is 0.263 e. The molecule has 2 aromatic rings. The Morgan fingerprint density at radius 3 is 2.55 bits per heavy atom. The lowest BCUT2D eigenvalue weighted by atomic mass is 10.2. The van der Waals surface area contributed by atoms with Gasteiger partial charge in [0.15, 0.2) is 0 Å². The van der Waals surface area contributed by atoms with Crippen molar-refractivity contribution in [2.45, 2.75) is 18.4 Å². The number of halogens is 1. The molecule has 2 rings (SSSR count). The predicted molar refractivity (Wildman–Crippen MR) is 84.0 cm³/mol. The molecule has 6 heteroatoms. The molecule has 2 aromatic carbocycles. The van der Waals surface area contributed by atoms with E-state index in [1.54, 1.807) is 36.4 Å². The highest BCUT2D eigenvalue weighted by molar-refractivity contribution is 9.10. The van der Waals surface area contributed by atoms with E-state index in [-0.39, 0.29) is 11.4 Å². The van der Waals surface area contributed by atoms with Gasteiger partial charge in [0, 0.05) is 11.0 Å². The fourth-order valence-corrected chi connectivity index (χ4v) is 4.12. The standard InChI is InChI=1S/C14H15BrN2O2S/c1-10-6-7-14(12(15)8-10)20(18,19)17-13-5-3-2-4-11(13)9-16/h2-8,17H,9,16H2,1H3. The normalized spacial score (nSPS) is 11.3. The van der Waals surface area contributed by atoms with Gasteiger partial charge in [0.1, 0.15) is 4.90 Å². The van der Waals surface area contributed by atoms with Crippen LogP contribution in [0, 0.1) is 6.92 Å². The van der Waals surface area contributed by atoms with Gasteiger partial charge in [0.2, 0.25) is 0 Å². The Bertz CT molecular complexity index is 730. The Kier molecular flexibility index (Phi) is 4.47. The molecule has 0 unspecified atom stereocenters. The topological polar surface area (TPSA) is 72.2 Å². The van der Waals surface area contributed by atoms with Crippen LogP contribution in [0.3, 0.4) is 0 Å². The van der Waals surface area contributed by atoms with Crippen LogP contribution >= 0.6 is 15.9 Å². The number of benzene rings is 2. The van der Waals surface area contributed by atoms with Gasteiger partial charge in [0.05, 0.1) is 5.69 Å².